The van der Waals surface area contributed by atoms with Crippen LogP contribution < -0.4 is 0 Å². The highest BCUT2D eigenvalue weighted by Crippen LogP contribution is 2.25. The molecule has 110 valence electrons. The standard InChI is InChI=1S/C11H21F3O3S/c1-10(2,18(15,16)17)8-6-4-3-5-7-9-11(12,13)14/h3-9H2,1-2H3,(H,15,16,17). The maximum Gasteiger partial charge on any atom is 0.389 e. The van der Waals surface area contributed by atoms with Crippen LogP contribution in [0.15, 0.2) is 0 Å². The Morgan fingerprint density at radius 3 is 1.67 bits per heavy atom. The molecule has 0 unspecified atom stereocenters. The smallest absolute Gasteiger partial charge is 0.285 e. The Morgan fingerprint density at radius 1 is 0.889 bits per heavy atom. The fourth-order valence-corrected chi connectivity index (χ4v) is 1.94. The van der Waals surface area contributed by atoms with Gasteiger partial charge < -0.3 is 0 Å². The van der Waals surface area contributed by atoms with Gasteiger partial charge in [-0.15, -0.1) is 0 Å². The van der Waals surface area contributed by atoms with E-state index >= 15 is 0 Å². The van der Waals surface area contributed by atoms with Crippen molar-refractivity contribution in [2.24, 2.45) is 0 Å². The van der Waals surface area contributed by atoms with Crippen molar-refractivity contribution in [2.75, 3.05) is 0 Å². The average Bonchev–Trinajstić information content (AvgIpc) is 2.12. The molecule has 0 spiro atoms. The van der Waals surface area contributed by atoms with E-state index in [2.05, 4.69) is 0 Å². The molecule has 0 fully saturated rings. The van der Waals surface area contributed by atoms with Crippen LogP contribution in [0.4, 0.5) is 13.2 Å². The van der Waals surface area contributed by atoms with Crippen LogP contribution in [0.1, 0.15) is 58.8 Å². The largest absolute Gasteiger partial charge is 0.389 e. The molecule has 0 aromatic rings. The van der Waals surface area contributed by atoms with E-state index in [9.17, 15) is 21.6 Å². The summed E-state index contributed by atoms with van der Waals surface area (Å²) in [7, 11) is -4.07. The second-order valence-electron chi connectivity index (χ2n) is 5.12. The predicted molar refractivity (Wildman–Crippen MR) is 64.0 cm³/mol. The molecule has 1 N–H and O–H groups in total. The van der Waals surface area contributed by atoms with Gasteiger partial charge in [-0.1, -0.05) is 25.7 Å². The van der Waals surface area contributed by atoms with Crippen LogP contribution in [0.5, 0.6) is 0 Å². The van der Waals surface area contributed by atoms with Crippen LogP contribution in [-0.2, 0) is 10.1 Å². The summed E-state index contributed by atoms with van der Waals surface area (Å²) < 4.78 is 65.1. The molecule has 0 bridgehead atoms. The summed E-state index contributed by atoms with van der Waals surface area (Å²) in [4.78, 5) is 0. The van der Waals surface area contributed by atoms with E-state index in [4.69, 9.17) is 4.55 Å². The molecular weight excluding hydrogens is 269 g/mol. The van der Waals surface area contributed by atoms with Crippen molar-refractivity contribution in [1.29, 1.82) is 0 Å². The van der Waals surface area contributed by atoms with Crippen molar-refractivity contribution in [3.63, 3.8) is 0 Å². The molecule has 0 aromatic heterocycles. The summed E-state index contributed by atoms with van der Waals surface area (Å²) in [6, 6.07) is 0. The van der Waals surface area contributed by atoms with Crippen LogP contribution in [-0.4, -0.2) is 23.9 Å². The number of hydrogen-bond acceptors (Lipinski definition) is 2. The number of rotatable bonds is 8. The molecule has 18 heavy (non-hydrogen) atoms. The van der Waals surface area contributed by atoms with Gasteiger partial charge in [-0.05, 0) is 26.7 Å². The first-order valence-corrected chi connectivity index (χ1v) is 7.43. The SMILES string of the molecule is CC(C)(CCCCCCCC(F)(F)F)S(=O)(=O)O. The van der Waals surface area contributed by atoms with Gasteiger partial charge in [0, 0.05) is 6.42 Å². The van der Waals surface area contributed by atoms with Crippen LogP contribution >= 0.6 is 0 Å². The lowest BCUT2D eigenvalue weighted by atomic mass is 10.0. The molecule has 0 aliphatic heterocycles. The molecule has 0 saturated heterocycles. The maximum atomic E-state index is 11.8. The Bertz CT molecular complexity index is 334. The van der Waals surface area contributed by atoms with Crippen molar-refractivity contribution in [1.82, 2.24) is 0 Å². The molecule has 0 atom stereocenters. The number of halogens is 3. The summed E-state index contributed by atoms with van der Waals surface area (Å²) in [5, 5.41) is 0. The van der Waals surface area contributed by atoms with Gasteiger partial charge in [-0.2, -0.15) is 21.6 Å². The second-order valence-corrected chi connectivity index (χ2v) is 7.17. The van der Waals surface area contributed by atoms with Gasteiger partial charge in [0.1, 0.15) is 0 Å². The topological polar surface area (TPSA) is 54.4 Å². The molecule has 0 aliphatic rings. The zero-order valence-electron chi connectivity index (χ0n) is 10.8. The molecular formula is C11H21F3O3S. The minimum Gasteiger partial charge on any atom is -0.285 e. The zero-order valence-corrected chi connectivity index (χ0v) is 11.6. The highest BCUT2D eigenvalue weighted by molar-refractivity contribution is 7.87. The number of unbranched alkanes of at least 4 members (excludes halogenated alkanes) is 4. The molecule has 3 nitrogen and oxygen atoms in total. The summed E-state index contributed by atoms with van der Waals surface area (Å²) >= 11 is 0. The molecule has 0 saturated carbocycles. The minimum absolute atomic E-state index is 0.116. The van der Waals surface area contributed by atoms with Crippen molar-refractivity contribution in [2.45, 2.75) is 69.7 Å². The summed E-state index contributed by atoms with van der Waals surface area (Å²) in [6.45, 7) is 2.87. The number of alkyl halides is 3. The van der Waals surface area contributed by atoms with E-state index in [1.165, 1.54) is 13.8 Å². The lowest BCUT2D eigenvalue weighted by molar-refractivity contribution is -0.135. The quantitative estimate of drug-likeness (QED) is 0.544. The summed E-state index contributed by atoms with van der Waals surface area (Å²) in [5.41, 5.74) is 0. The fourth-order valence-electron chi connectivity index (χ4n) is 1.54. The second kappa shape index (κ2) is 6.75. The van der Waals surface area contributed by atoms with Gasteiger partial charge in [-0.25, -0.2) is 0 Å². The first-order valence-electron chi connectivity index (χ1n) is 5.99. The normalized spacial score (nSPS) is 13.9. The Hall–Kier alpha value is -0.300. The molecule has 0 amide bonds. The van der Waals surface area contributed by atoms with Crippen LogP contribution in [0.25, 0.3) is 0 Å². The van der Waals surface area contributed by atoms with Gasteiger partial charge in [0.05, 0.1) is 4.75 Å². The van der Waals surface area contributed by atoms with Crippen LogP contribution in [0.3, 0.4) is 0 Å². The third kappa shape index (κ3) is 7.92. The fraction of sp³-hybridized carbons (Fsp3) is 1.00. The molecule has 0 rings (SSSR count). The Kier molecular flexibility index (Phi) is 6.63. The molecule has 0 aromatic carbocycles. The van der Waals surface area contributed by atoms with E-state index in [-0.39, 0.29) is 6.42 Å². The van der Waals surface area contributed by atoms with Gasteiger partial charge >= 0.3 is 6.18 Å². The third-order valence-corrected chi connectivity index (χ3v) is 4.54. The van der Waals surface area contributed by atoms with Crippen molar-refractivity contribution in [3.05, 3.63) is 0 Å². The maximum absolute atomic E-state index is 11.8. The average molecular weight is 290 g/mol. The van der Waals surface area contributed by atoms with Crippen molar-refractivity contribution >= 4 is 10.1 Å². The molecule has 0 radical (unpaired) electrons. The van der Waals surface area contributed by atoms with Gasteiger partial charge in [-0.3, -0.25) is 4.55 Å². The third-order valence-electron chi connectivity index (χ3n) is 2.94. The van der Waals surface area contributed by atoms with E-state index in [1.807, 2.05) is 0 Å². The minimum atomic E-state index is -4.09. The lowest BCUT2D eigenvalue weighted by Gasteiger charge is -2.20. The van der Waals surface area contributed by atoms with Gasteiger partial charge in [0.2, 0.25) is 0 Å². The monoisotopic (exact) mass is 290 g/mol. The van der Waals surface area contributed by atoms with Crippen LogP contribution in [0, 0.1) is 0 Å². The summed E-state index contributed by atoms with van der Waals surface area (Å²) in [6.07, 6.45) is -2.02. The van der Waals surface area contributed by atoms with Crippen molar-refractivity contribution in [3.8, 4) is 0 Å². The Balaban J connectivity index is 3.64. The molecule has 7 heteroatoms. The predicted octanol–water partition coefficient (Wildman–Crippen LogP) is 3.95. The van der Waals surface area contributed by atoms with E-state index in [0.29, 0.717) is 32.1 Å². The highest BCUT2D eigenvalue weighted by Gasteiger charge is 2.31. The first kappa shape index (κ1) is 17.7. The zero-order chi connectivity index (χ0) is 14.4. The summed E-state index contributed by atoms with van der Waals surface area (Å²) in [5.74, 6) is 0. The van der Waals surface area contributed by atoms with Crippen LogP contribution in [0.2, 0.25) is 0 Å². The number of hydrogen-bond donors (Lipinski definition) is 1. The van der Waals surface area contributed by atoms with E-state index in [0.717, 1.165) is 0 Å². The van der Waals surface area contributed by atoms with E-state index in [1.54, 1.807) is 0 Å². The highest BCUT2D eigenvalue weighted by atomic mass is 32.2. The van der Waals surface area contributed by atoms with Gasteiger partial charge in [0.15, 0.2) is 0 Å². The molecule has 0 heterocycles. The first-order chi connectivity index (χ1) is 7.96. The van der Waals surface area contributed by atoms with E-state index < -0.39 is 27.5 Å². The van der Waals surface area contributed by atoms with Gasteiger partial charge in [0.25, 0.3) is 10.1 Å². The lowest BCUT2D eigenvalue weighted by Crippen LogP contribution is -2.31. The van der Waals surface area contributed by atoms with Crippen molar-refractivity contribution < 1.29 is 26.1 Å². The molecule has 0 aliphatic carbocycles. The Morgan fingerprint density at radius 2 is 1.28 bits per heavy atom. The Labute approximate surface area is 107 Å².